The van der Waals surface area contributed by atoms with Gasteiger partial charge in [-0.25, -0.2) is 0 Å². The Kier molecular flexibility index (Phi) is 6.32. The van der Waals surface area contributed by atoms with Gasteiger partial charge in [-0.1, -0.05) is 141 Å². The van der Waals surface area contributed by atoms with E-state index in [4.69, 9.17) is 4.99 Å². The van der Waals surface area contributed by atoms with Crippen LogP contribution in [0.1, 0.15) is 43.0 Å². The molecule has 0 atom stereocenters. The van der Waals surface area contributed by atoms with E-state index in [1.165, 1.54) is 77.2 Å². The van der Waals surface area contributed by atoms with E-state index >= 15 is 0 Å². The van der Waals surface area contributed by atoms with Gasteiger partial charge in [-0.3, -0.25) is 4.99 Å². The van der Waals surface area contributed by atoms with Gasteiger partial charge in [0, 0.05) is 16.7 Å². The summed E-state index contributed by atoms with van der Waals surface area (Å²) in [6.07, 6.45) is 0. The van der Waals surface area contributed by atoms with Crippen LogP contribution in [0.25, 0.3) is 54.9 Å². The molecule has 0 spiro atoms. The van der Waals surface area contributed by atoms with Crippen LogP contribution in [0.4, 0.5) is 5.69 Å². The second-order valence-electron chi connectivity index (χ2n) is 12.8. The lowest BCUT2D eigenvalue weighted by Gasteiger charge is -2.23. The van der Waals surface area contributed by atoms with Gasteiger partial charge in [-0.15, -0.1) is 0 Å². The Labute approximate surface area is 265 Å². The Morgan fingerprint density at radius 1 is 0.511 bits per heavy atom. The molecule has 1 nitrogen and oxygen atoms in total. The van der Waals surface area contributed by atoms with E-state index in [9.17, 15) is 0 Å². The summed E-state index contributed by atoms with van der Waals surface area (Å²) in [6.45, 7) is 9.02. The molecular weight excluding hydrogens is 542 g/mol. The first kappa shape index (κ1) is 27.3. The largest absolute Gasteiger partial charge is 0.253 e. The molecule has 0 radical (unpaired) electrons. The standard InChI is InChI=1S/C44H35N/c1-28-15-8-13-24-40(28)45-29(2)41-32-18-9-10-19-33(32)42(37-27-31(25-26-34(37)41)30-16-6-5-7-17-30)36-21-14-23-39-43(36)35-20-11-12-22-38(35)44(39,3)4/h5-27H,1-4H3. The SMILES string of the molecule is CC(=Nc1ccccc1C)c1c2ccccc2c(-c2cccc3c2-c2ccccc2C3(C)C)c2cc(-c3ccccc3)ccc12. The van der Waals surface area contributed by atoms with Gasteiger partial charge in [0.25, 0.3) is 0 Å². The average molecular weight is 578 g/mol. The van der Waals surface area contributed by atoms with E-state index in [1.54, 1.807) is 0 Å². The quantitative estimate of drug-likeness (QED) is 0.146. The van der Waals surface area contributed by atoms with E-state index in [2.05, 4.69) is 167 Å². The maximum absolute atomic E-state index is 5.24. The van der Waals surface area contributed by atoms with Gasteiger partial charge in [-0.05, 0) is 97.6 Å². The van der Waals surface area contributed by atoms with Crippen molar-refractivity contribution in [2.75, 3.05) is 0 Å². The summed E-state index contributed by atoms with van der Waals surface area (Å²) >= 11 is 0. The fourth-order valence-electron chi connectivity index (χ4n) is 7.56. The van der Waals surface area contributed by atoms with Crippen molar-refractivity contribution >= 4 is 32.9 Å². The van der Waals surface area contributed by atoms with Crippen LogP contribution >= 0.6 is 0 Å². The summed E-state index contributed by atoms with van der Waals surface area (Å²) in [4.78, 5) is 5.24. The van der Waals surface area contributed by atoms with Crippen molar-refractivity contribution < 1.29 is 0 Å². The fraction of sp³-hybridized carbons (Fsp3) is 0.114. The molecule has 0 unspecified atom stereocenters. The Morgan fingerprint density at radius 2 is 1.16 bits per heavy atom. The maximum Gasteiger partial charge on any atom is 0.0662 e. The topological polar surface area (TPSA) is 12.4 Å². The van der Waals surface area contributed by atoms with Crippen LogP contribution in [-0.4, -0.2) is 5.71 Å². The highest BCUT2D eigenvalue weighted by Crippen LogP contribution is 2.54. The summed E-state index contributed by atoms with van der Waals surface area (Å²) < 4.78 is 0. The lowest BCUT2D eigenvalue weighted by molar-refractivity contribution is 0.660. The summed E-state index contributed by atoms with van der Waals surface area (Å²) in [5.74, 6) is 0. The smallest absolute Gasteiger partial charge is 0.0662 e. The predicted molar refractivity (Wildman–Crippen MR) is 193 cm³/mol. The monoisotopic (exact) mass is 577 g/mol. The number of benzene rings is 7. The number of rotatable bonds is 4. The average Bonchev–Trinajstić information content (AvgIpc) is 3.31. The third kappa shape index (κ3) is 4.26. The second-order valence-corrected chi connectivity index (χ2v) is 12.8. The summed E-state index contributed by atoms with van der Waals surface area (Å²) in [5.41, 5.74) is 14.8. The van der Waals surface area contributed by atoms with Gasteiger partial charge in [0.2, 0.25) is 0 Å². The maximum atomic E-state index is 5.24. The van der Waals surface area contributed by atoms with Crippen LogP contribution in [0.3, 0.4) is 0 Å². The molecule has 0 heterocycles. The number of aryl methyl sites for hydroxylation is 1. The molecular formula is C44H35N. The Balaban J connectivity index is 1.52. The third-order valence-corrected chi connectivity index (χ3v) is 9.77. The normalized spacial score (nSPS) is 13.6. The molecule has 1 aliphatic carbocycles. The second kappa shape index (κ2) is 10.4. The van der Waals surface area contributed by atoms with Crippen LogP contribution in [0.2, 0.25) is 0 Å². The van der Waals surface area contributed by atoms with E-state index < -0.39 is 0 Å². The molecule has 0 saturated carbocycles. The van der Waals surface area contributed by atoms with Gasteiger partial charge < -0.3 is 0 Å². The lowest BCUT2D eigenvalue weighted by Crippen LogP contribution is -2.14. The van der Waals surface area contributed by atoms with Crippen LogP contribution in [0.5, 0.6) is 0 Å². The highest BCUT2D eigenvalue weighted by Gasteiger charge is 2.37. The Morgan fingerprint density at radius 3 is 1.98 bits per heavy atom. The number of para-hydroxylation sites is 1. The number of nitrogens with zero attached hydrogens (tertiary/aromatic N) is 1. The van der Waals surface area contributed by atoms with E-state index in [0.717, 1.165) is 11.4 Å². The molecule has 0 saturated heterocycles. The van der Waals surface area contributed by atoms with Crippen molar-refractivity contribution in [2.24, 2.45) is 4.99 Å². The minimum Gasteiger partial charge on any atom is -0.253 e. The molecule has 1 heteroatoms. The van der Waals surface area contributed by atoms with Gasteiger partial charge in [-0.2, -0.15) is 0 Å². The molecule has 0 aliphatic heterocycles. The molecule has 0 amide bonds. The van der Waals surface area contributed by atoms with Crippen molar-refractivity contribution in [2.45, 2.75) is 33.1 Å². The highest BCUT2D eigenvalue weighted by molar-refractivity contribution is 6.27. The zero-order valence-electron chi connectivity index (χ0n) is 26.2. The third-order valence-electron chi connectivity index (χ3n) is 9.77. The summed E-state index contributed by atoms with van der Waals surface area (Å²) in [7, 11) is 0. The molecule has 8 rings (SSSR count). The zero-order valence-corrected chi connectivity index (χ0v) is 26.2. The van der Waals surface area contributed by atoms with Crippen LogP contribution < -0.4 is 0 Å². The number of aliphatic imine (C=N–C) groups is 1. The van der Waals surface area contributed by atoms with Gasteiger partial charge >= 0.3 is 0 Å². The zero-order chi connectivity index (χ0) is 30.7. The number of fused-ring (bicyclic) bond motifs is 5. The molecule has 0 aromatic heterocycles. The van der Waals surface area contributed by atoms with Crippen molar-refractivity contribution in [3.63, 3.8) is 0 Å². The predicted octanol–water partition coefficient (Wildman–Crippen LogP) is 12.1. The van der Waals surface area contributed by atoms with E-state index in [-0.39, 0.29) is 5.41 Å². The summed E-state index contributed by atoms with van der Waals surface area (Å²) in [5, 5.41) is 4.95. The number of hydrogen-bond donors (Lipinski definition) is 0. The van der Waals surface area contributed by atoms with Crippen molar-refractivity contribution in [3.05, 3.63) is 162 Å². The first-order chi connectivity index (χ1) is 21.9. The molecule has 216 valence electrons. The van der Waals surface area contributed by atoms with Crippen molar-refractivity contribution in [3.8, 4) is 33.4 Å². The highest BCUT2D eigenvalue weighted by atomic mass is 14.7. The molecule has 0 N–H and O–H groups in total. The minimum absolute atomic E-state index is 0.0700. The van der Waals surface area contributed by atoms with Crippen molar-refractivity contribution in [1.82, 2.24) is 0 Å². The number of hydrogen-bond acceptors (Lipinski definition) is 1. The van der Waals surface area contributed by atoms with Crippen LogP contribution in [0, 0.1) is 6.92 Å². The van der Waals surface area contributed by atoms with Gasteiger partial charge in [0.15, 0.2) is 0 Å². The van der Waals surface area contributed by atoms with Gasteiger partial charge in [0.05, 0.1) is 5.69 Å². The molecule has 45 heavy (non-hydrogen) atoms. The molecule has 1 aliphatic rings. The Hall–Kier alpha value is -5.27. The first-order valence-corrected chi connectivity index (χ1v) is 15.8. The van der Waals surface area contributed by atoms with E-state index in [0.29, 0.717) is 0 Å². The minimum atomic E-state index is -0.0700. The van der Waals surface area contributed by atoms with Crippen LogP contribution in [0.15, 0.2) is 145 Å². The van der Waals surface area contributed by atoms with Crippen LogP contribution in [-0.2, 0) is 5.41 Å². The molecule has 0 fully saturated rings. The summed E-state index contributed by atoms with van der Waals surface area (Å²) in [6, 6.07) is 50.9. The Bertz CT molecular complexity index is 2300. The fourth-order valence-corrected chi connectivity index (χ4v) is 7.56. The van der Waals surface area contributed by atoms with Gasteiger partial charge in [0.1, 0.15) is 0 Å². The lowest BCUT2D eigenvalue weighted by atomic mass is 9.80. The molecule has 7 aromatic carbocycles. The van der Waals surface area contributed by atoms with Crippen molar-refractivity contribution in [1.29, 1.82) is 0 Å². The molecule has 7 aromatic rings. The first-order valence-electron chi connectivity index (χ1n) is 15.8. The van der Waals surface area contributed by atoms with E-state index in [1.807, 2.05) is 0 Å². The molecule has 0 bridgehead atoms.